The van der Waals surface area contributed by atoms with E-state index < -0.39 is 5.97 Å². The van der Waals surface area contributed by atoms with E-state index in [-0.39, 0.29) is 10.6 Å². The Hall–Kier alpha value is -2.08. The molecule has 0 saturated heterocycles. The number of carbonyl (C=O) groups is 1. The third-order valence-corrected chi connectivity index (χ3v) is 2.60. The molecule has 0 saturated carbocycles. The molecule has 1 aromatic carbocycles. The summed E-state index contributed by atoms with van der Waals surface area (Å²) in [5.41, 5.74) is 0.828. The molecule has 0 amide bonds. The molecular formula is C11H10ClN3O3. The molecule has 0 aliphatic carbocycles. The van der Waals surface area contributed by atoms with Crippen molar-refractivity contribution in [2.24, 2.45) is 0 Å². The molecule has 0 bridgehead atoms. The number of halogens is 1. The predicted molar refractivity (Wildman–Crippen MR) is 64.9 cm³/mol. The smallest absolute Gasteiger partial charge is 0.337 e. The van der Waals surface area contributed by atoms with Gasteiger partial charge >= 0.3 is 5.97 Å². The van der Waals surface area contributed by atoms with E-state index >= 15 is 0 Å². The van der Waals surface area contributed by atoms with Gasteiger partial charge in [0.2, 0.25) is 6.39 Å². The molecule has 2 rings (SSSR count). The van der Waals surface area contributed by atoms with Gasteiger partial charge in [0.1, 0.15) is 0 Å². The van der Waals surface area contributed by atoms with Crippen LogP contribution in [-0.2, 0) is 6.42 Å². The number of nitrogens with one attached hydrogen (secondary N) is 1. The topological polar surface area (TPSA) is 88.2 Å². The molecule has 0 fully saturated rings. The van der Waals surface area contributed by atoms with Gasteiger partial charge in [0.25, 0.3) is 0 Å². The second kappa shape index (κ2) is 5.50. The van der Waals surface area contributed by atoms with Crippen LogP contribution in [-0.4, -0.2) is 27.8 Å². The summed E-state index contributed by atoms with van der Waals surface area (Å²) in [6, 6.07) is 4.69. The van der Waals surface area contributed by atoms with E-state index in [4.69, 9.17) is 16.7 Å². The highest BCUT2D eigenvalue weighted by Crippen LogP contribution is 2.20. The Kier molecular flexibility index (Phi) is 3.78. The Morgan fingerprint density at radius 1 is 1.50 bits per heavy atom. The number of benzene rings is 1. The summed E-state index contributed by atoms with van der Waals surface area (Å²) in [7, 11) is 0. The van der Waals surface area contributed by atoms with Crippen molar-refractivity contribution in [1.29, 1.82) is 0 Å². The van der Waals surface area contributed by atoms with Gasteiger partial charge in [-0.05, 0) is 18.2 Å². The van der Waals surface area contributed by atoms with E-state index in [0.717, 1.165) is 5.69 Å². The zero-order chi connectivity index (χ0) is 13.0. The molecule has 0 spiro atoms. The van der Waals surface area contributed by atoms with E-state index in [1.807, 2.05) is 0 Å². The van der Waals surface area contributed by atoms with Gasteiger partial charge in [-0.15, -0.1) is 0 Å². The fourth-order valence-corrected chi connectivity index (χ4v) is 1.68. The Morgan fingerprint density at radius 3 is 2.94 bits per heavy atom. The SMILES string of the molecule is O=C(O)c1ccc(NCCc2ncon2)cc1Cl. The average Bonchev–Trinajstić information content (AvgIpc) is 2.81. The number of hydrogen-bond acceptors (Lipinski definition) is 5. The van der Waals surface area contributed by atoms with E-state index in [2.05, 4.69) is 20.0 Å². The maximum Gasteiger partial charge on any atom is 0.337 e. The number of anilines is 1. The molecule has 1 aromatic heterocycles. The molecule has 6 nitrogen and oxygen atoms in total. The lowest BCUT2D eigenvalue weighted by Crippen LogP contribution is -2.06. The summed E-state index contributed by atoms with van der Waals surface area (Å²) in [5.74, 6) is -0.436. The monoisotopic (exact) mass is 267 g/mol. The number of hydrogen-bond donors (Lipinski definition) is 2. The van der Waals surface area contributed by atoms with E-state index in [9.17, 15) is 4.79 Å². The van der Waals surface area contributed by atoms with E-state index in [0.29, 0.717) is 18.8 Å². The molecule has 0 unspecified atom stereocenters. The number of carboxylic acid groups (broad SMARTS) is 1. The van der Waals surface area contributed by atoms with Crippen molar-refractivity contribution in [1.82, 2.24) is 10.1 Å². The van der Waals surface area contributed by atoms with Gasteiger partial charge in [-0.3, -0.25) is 0 Å². The lowest BCUT2D eigenvalue weighted by atomic mass is 10.2. The Bertz CT molecular complexity index is 542. The van der Waals surface area contributed by atoms with Gasteiger partial charge in [0.15, 0.2) is 5.82 Å². The largest absolute Gasteiger partial charge is 0.478 e. The number of carboxylic acids is 1. The third kappa shape index (κ3) is 2.98. The van der Waals surface area contributed by atoms with Gasteiger partial charge in [0.05, 0.1) is 10.6 Å². The van der Waals surface area contributed by atoms with Gasteiger partial charge < -0.3 is 14.9 Å². The highest BCUT2D eigenvalue weighted by Gasteiger charge is 2.08. The third-order valence-electron chi connectivity index (χ3n) is 2.28. The lowest BCUT2D eigenvalue weighted by molar-refractivity contribution is 0.0697. The highest BCUT2D eigenvalue weighted by molar-refractivity contribution is 6.33. The van der Waals surface area contributed by atoms with Crippen LogP contribution in [0.5, 0.6) is 0 Å². The van der Waals surface area contributed by atoms with Gasteiger partial charge in [0, 0.05) is 18.7 Å². The van der Waals surface area contributed by atoms with Gasteiger partial charge in [-0.1, -0.05) is 16.8 Å². The summed E-state index contributed by atoms with van der Waals surface area (Å²) in [6.45, 7) is 0.599. The summed E-state index contributed by atoms with van der Waals surface area (Å²) in [4.78, 5) is 14.7. The van der Waals surface area contributed by atoms with Crippen molar-refractivity contribution in [3.8, 4) is 0 Å². The first-order valence-electron chi connectivity index (χ1n) is 5.19. The predicted octanol–water partition coefficient (Wildman–Crippen LogP) is 2.08. The van der Waals surface area contributed by atoms with Crippen molar-refractivity contribution >= 4 is 23.3 Å². The standard InChI is InChI=1S/C11H10ClN3O3/c12-9-5-7(1-2-8(9)11(16)17)13-4-3-10-14-6-18-15-10/h1-2,5-6,13H,3-4H2,(H,16,17). The minimum atomic E-state index is -1.04. The van der Waals surface area contributed by atoms with Crippen LogP contribution in [0.25, 0.3) is 0 Å². The van der Waals surface area contributed by atoms with Crippen LogP contribution in [0.15, 0.2) is 29.1 Å². The summed E-state index contributed by atoms with van der Waals surface area (Å²) < 4.78 is 4.60. The van der Waals surface area contributed by atoms with Crippen LogP contribution in [0.2, 0.25) is 5.02 Å². The fraction of sp³-hybridized carbons (Fsp3) is 0.182. The molecule has 2 aromatic rings. The first kappa shape index (κ1) is 12.4. The second-order valence-electron chi connectivity index (χ2n) is 3.52. The van der Waals surface area contributed by atoms with Crippen molar-refractivity contribution < 1.29 is 14.4 Å². The van der Waals surface area contributed by atoms with Crippen molar-refractivity contribution in [3.63, 3.8) is 0 Å². The molecule has 0 aliphatic heterocycles. The van der Waals surface area contributed by atoms with E-state index in [1.165, 1.54) is 12.5 Å². The molecule has 94 valence electrons. The molecule has 2 N–H and O–H groups in total. The summed E-state index contributed by atoms with van der Waals surface area (Å²) >= 11 is 5.84. The first-order chi connectivity index (χ1) is 8.66. The zero-order valence-electron chi connectivity index (χ0n) is 9.26. The quantitative estimate of drug-likeness (QED) is 0.862. The Labute approximate surface area is 108 Å². The number of aromatic nitrogens is 2. The number of nitrogens with zero attached hydrogens (tertiary/aromatic N) is 2. The van der Waals surface area contributed by atoms with Crippen molar-refractivity contribution in [2.75, 3.05) is 11.9 Å². The highest BCUT2D eigenvalue weighted by atomic mass is 35.5. The van der Waals surface area contributed by atoms with Crippen molar-refractivity contribution in [3.05, 3.63) is 41.0 Å². The summed E-state index contributed by atoms with van der Waals surface area (Å²) in [5, 5.41) is 15.8. The molecule has 0 atom stereocenters. The fourth-order valence-electron chi connectivity index (χ4n) is 1.42. The minimum Gasteiger partial charge on any atom is -0.478 e. The number of rotatable bonds is 5. The van der Waals surface area contributed by atoms with Crippen LogP contribution in [0.4, 0.5) is 5.69 Å². The second-order valence-corrected chi connectivity index (χ2v) is 3.93. The first-order valence-corrected chi connectivity index (χ1v) is 5.56. The van der Waals surface area contributed by atoms with Crippen LogP contribution < -0.4 is 5.32 Å². The molecule has 18 heavy (non-hydrogen) atoms. The van der Waals surface area contributed by atoms with Gasteiger partial charge in [-0.2, -0.15) is 4.98 Å². The maximum atomic E-state index is 10.8. The minimum absolute atomic E-state index is 0.0837. The van der Waals surface area contributed by atoms with E-state index in [1.54, 1.807) is 12.1 Å². The van der Waals surface area contributed by atoms with Crippen LogP contribution in [0, 0.1) is 0 Å². The Balaban J connectivity index is 1.94. The van der Waals surface area contributed by atoms with Crippen LogP contribution >= 0.6 is 11.6 Å². The molecule has 0 radical (unpaired) electrons. The molecule has 7 heteroatoms. The normalized spacial score (nSPS) is 10.3. The summed E-state index contributed by atoms with van der Waals surface area (Å²) in [6.07, 6.45) is 1.88. The van der Waals surface area contributed by atoms with Crippen molar-refractivity contribution in [2.45, 2.75) is 6.42 Å². The number of aromatic carboxylic acids is 1. The van der Waals surface area contributed by atoms with Crippen LogP contribution in [0.1, 0.15) is 16.2 Å². The lowest BCUT2D eigenvalue weighted by Gasteiger charge is -2.06. The Morgan fingerprint density at radius 2 is 2.33 bits per heavy atom. The van der Waals surface area contributed by atoms with Gasteiger partial charge in [-0.25, -0.2) is 4.79 Å². The maximum absolute atomic E-state index is 10.8. The zero-order valence-corrected chi connectivity index (χ0v) is 10.0. The van der Waals surface area contributed by atoms with Crippen LogP contribution in [0.3, 0.4) is 0 Å². The molecule has 1 heterocycles. The average molecular weight is 268 g/mol. The molecular weight excluding hydrogens is 258 g/mol. The molecule has 0 aliphatic rings.